The number of oxime groups is 1. The van der Waals surface area contributed by atoms with Crippen molar-refractivity contribution in [3.8, 4) is 11.1 Å². The van der Waals surface area contributed by atoms with E-state index >= 15 is 0 Å². The number of aliphatic hydroxyl groups is 1. The van der Waals surface area contributed by atoms with Crippen LogP contribution in [0.25, 0.3) is 11.1 Å². The van der Waals surface area contributed by atoms with Crippen LogP contribution in [0, 0.1) is 6.92 Å². The molecule has 0 fully saturated rings. The van der Waals surface area contributed by atoms with Gasteiger partial charge >= 0.3 is 0 Å². The fraction of sp³-hybridized carbons (Fsp3) is 0.400. The second-order valence-corrected chi connectivity index (χ2v) is 10.0. The largest absolute Gasteiger partial charge is 0.392 e. The van der Waals surface area contributed by atoms with Crippen molar-refractivity contribution in [3.05, 3.63) is 53.9 Å². The Morgan fingerprint density at radius 2 is 1.93 bits per heavy atom. The predicted octanol–water partition coefficient (Wildman–Crippen LogP) is 2.04. The Hall–Kier alpha value is -2.33. The van der Waals surface area contributed by atoms with Crippen LogP contribution in [-0.4, -0.2) is 52.8 Å². The molecule has 3 atom stereocenters. The van der Waals surface area contributed by atoms with E-state index < -0.39 is 26.9 Å². The normalized spacial score (nSPS) is 19.9. The van der Waals surface area contributed by atoms with Crippen LogP contribution in [0.1, 0.15) is 30.9 Å². The molecule has 1 aromatic heterocycles. The Morgan fingerprint density at radius 3 is 2.52 bits per heavy atom. The third kappa shape index (κ3) is 4.32. The van der Waals surface area contributed by atoms with Crippen LogP contribution in [-0.2, 0) is 14.7 Å². The highest BCUT2D eigenvalue weighted by atomic mass is 32.2. The highest BCUT2D eigenvalue weighted by Gasteiger charge is 2.46. The standard InChI is InChI=1S/C20H25N3O5S/c1-13-12-21-9-8-17(13)14-4-6-15(7-5-14)18-10-16(28-23-18)11-20(2,19(24)22-25)29(3,26)27/h4-9,12,16,19,22,24-25H,10-11H2,1-3H3/t16-,19?,20-/m1/s1. The molecule has 2 heterocycles. The van der Waals surface area contributed by atoms with E-state index in [1.165, 1.54) is 6.92 Å². The van der Waals surface area contributed by atoms with Gasteiger partial charge in [-0.1, -0.05) is 29.4 Å². The summed E-state index contributed by atoms with van der Waals surface area (Å²) in [5.74, 6) is 0. The van der Waals surface area contributed by atoms with Crippen LogP contribution in [0.5, 0.6) is 0 Å². The quantitative estimate of drug-likeness (QED) is 0.464. The number of hydrogen-bond acceptors (Lipinski definition) is 8. The van der Waals surface area contributed by atoms with Crippen molar-refractivity contribution < 1.29 is 23.6 Å². The zero-order valence-corrected chi connectivity index (χ0v) is 17.3. The zero-order chi connectivity index (χ0) is 21.2. The number of pyridine rings is 1. The summed E-state index contributed by atoms with van der Waals surface area (Å²) in [4.78, 5) is 9.54. The molecule has 29 heavy (non-hydrogen) atoms. The molecule has 1 unspecified atom stereocenters. The minimum absolute atomic E-state index is 0.0259. The van der Waals surface area contributed by atoms with E-state index in [-0.39, 0.29) is 6.42 Å². The molecule has 1 aliphatic rings. The number of hydroxylamine groups is 1. The molecule has 2 aromatic rings. The summed E-state index contributed by atoms with van der Waals surface area (Å²) in [5.41, 5.74) is 6.46. The molecule has 1 aliphatic heterocycles. The van der Waals surface area contributed by atoms with Gasteiger partial charge in [-0.3, -0.25) is 4.98 Å². The molecule has 0 spiro atoms. The first-order valence-electron chi connectivity index (χ1n) is 9.17. The van der Waals surface area contributed by atoms with Gasteiger partial charge < -0.3 is 15.2 Å². The van der Waals surface area contributed by atoms with Gasteiger partial charge in [-0.15, -0.1) is 0 Å². The van der Waals surface area contributed by atoms with Gasteiger partial charge in [0.15, 0.2) is 9.84 Å². The summed E-state index contributed by atoms with van der Waals surface area (Å²) in [7, 11) is -3.69. The summed E-state index contributed by atoms with van der Waals surface area (Å²) >= 11 is 0. The number of sulfone groups is 1. The van der Waals surface area contributed by atoms with Gasteiger partial charge in [0.1, 0.15) is 17.1 Å². The Labute approximate surface area is 170 Å². The van der Waals surface area contributed by atoms with Crippen molar-refractivity contribution in [3.63, 3.8) is 0 Å². The number of nitrogens with zero attached hydrogens (tertiary/aromatic N) is 2. The van der Waals surface area contributed by atoms with E-state index in [1.807, 2.05) is 43.5 Å². The molecule has 0 radical (unpaired) electrons. The lowest BCUT2D eigenvalue weighted by Crippen LogP contribution is -2.54. The van der Waals surface area contributed by atoms with Gasteiger partial charge in [-0.2, -0.15) is 5.48 Å². The fourth-order valence-electron chi connectivity index (χ4n) is 3.40. The van der Waals surface area contributed by atoms with Gasteiger partial charge in [0.2, 0.25) is 0 Å². The molecule has 0 saturated heterocycles. The number of hydrogen-bond donors (Lipinski definition) is 3. The van der Waals surface area contributed by atoms with Crippen molar-refractivity contribution in [2.45, 2.75) is 43.8 Å². The maximum absolute atomic E-state index is 12.2. The van der Waals surface area contributed by atoms with Gasteiger partial charge in [-0.25, -0.2) is 8.42 Å². The second-order valence-electron chi connectivity index (χ2n) is 7.56. The lowest BCUT2D eigenvalue weighted by atomic mass is 9.95. The summed E-state index contributed by atoms with van der Waals surface area (Å²) in [6, 6.07) is 9.84. The first-order chi connectivity index (χ1) is 13.7. The number of aliphatic hydroxyl groups excluding tert-OH is 1. The molecule has 9 heteroatoms. The SMILES string of the molecule is Cc1cnccc1-c1ccc(C2=NO[C@@H](C[C@](C)(C(O)NO)S(C)(=O)=O)C2)cc1. The molecule has 0 amide bonds. The first-order valence-corrected chi connectivity index (χ1v) is 11.1. The minimum atomic E-state index is -3.69. The summed E-state index contributed by atoms with van der Waals surface area (Å²) in [6.07, 6.45) is 2.78. The number of nitrogens with one attached hydrogen (secondary N) is 1. The van der Waals surface area contributed by atoms with Gasteiger partial charge in [0.25, 0.3) is 0 Å². The molecular formula is C20H25N3O5S. The van der Waals surface area contributed by atoms with Crippen molar-refractivity contribution in [2.75, 3.05) is 6.26 Å². The molecular weight excluding hydrogens is 394 g/mol. The van der Waals surface area contributed by atoms with E-state index in [1.54, 1.807) is 11.7 Å². The van der Waals surface area contributed by atoms with Gasteiger partial charge in [0, 0.05) is 31.5 Å². The summed E-state index contributed by atoms with van der Waals surface area (Å²) < 4.78 is 22.7. The summed E-state index contributed by atoms with van der Waals surface area (Å²) in [6.45, 7) is 3.37. The average molecular weight is 420 g/mol. The number of rotatable bonds is 7. The highest BCUT2D eigenvalue weighted by Crippen LogP contribution is 2.31. The second kappa shape index (κ2) is 8.19. The van der Waals surface area contributed by atoms with Crippen LogP contribution in [0.15, 0.2) is 47.9 Å². The van der Waals surface area contributed by atoms with Gasteiger partial charge in [0.05, 0.1) is 5.71 Å². The average Bonchev–Trinajstić information content (AvgIpc) is 3.15. The first kappa shape index (κ1) is 21.4. The van der Waals surface area contributed by atoms with Crippen LogP contribution < -0.4 is 5.48 Å². The smallest absolute Gasteiger partial charge is 0.156 e. The van der Waals surface area contributed by atoms with Crippen LogP contribution in [0.3, 0.4) is 0 Å². The lowest BCUT2D eigenvalue weighted by Gasteiger charge is -2.32. The predicted molar refractivity (Wildman–Crippen MR) is 109 cm³/mol. The number of aryl methyl sites for hydroxylation is 1. The Kier molecular flexibility index (Phi) is 6.04. The Balaban J connectivity index is 1.73. The van der Waals surface area contributed by atoms with E-state index in [0.29, 0.717) is 12.1 Å². The van der Waals surface area contributed by atoms with Crippen LogP contribution >= 0.6 is 0 Å². The molecule has 0 aliphatic carbocycles. The molecule has 1 aromatic carbocycles. The number of benzene rings is 1. The lowest BCUT2D eigenvalue weighted by molar-refractivity contribution is -0.0355. The summed E-state index contributed by atoms with van der Waals surface area (Å²) in [5, 5.41) is 23.1. The molecule has 156 valence electrons. The molecule has 3 rings (SSSR count). The zero-order valence-electron chi connectivity index (χ0n) is 16.5. The van der Waals surface area contributed by atoms with E-state index in [9.17, 15) is 13.5 Å². The topological polar surface area (TPSA) is 121 Å². The van der Waals surface area contributed by atoms with Crippen LogP contribution in [0.2, 0.25) is 0 Å². The van der Waals surface area contributed by atoms with Crippen molar-refractivity contribution in [1.82, 2.24) is 10.5 Å². The third-order valence-electron chi connectivity index (χ3n) is 5.46. The molecule has 8 nitrogen and oxygen atoms in total. The van der Waals surface area contributed by atoms with E-state index in [0.717, 1.165) is 28.5 Å². The maximum Gasteiger partial charge on any atom is 0.156 e. The van der Waals surface area contributed by atoms with Crippen molar-refractivity contribution in [2.24, 2.45) is 5.16 Å². The van der Waals surface area contributed by atoms with Crippen LogP contribution in [0.4, 0.5) is 0 Å². The monoisotopic (exact) mass is 419 g/mol. The van der Waals surface area contributed by atoms with Gasteiger partial charge in [-0.05, 0) is 42.2 Å². The van der Waals surface area contributed by atoms with E-state index in [4.69, 9.17) is 10.0 Å². The molecule has 0 saturated carbocycles. The molecule has 3 N–H and O–H groups in total. The van der Waals surface area contributed by atoms with E-state index in [2.05, 4.69) is 10.1 Å². The fourth-order valence-corrected chi connectivity index (χ4v) is 4.35. The third-order valence-corrected chi connectivity index (χ3v) is 7.55. The molecule has 0 bridgehead atoms. The number of aromatic nitrogens is 1. The highest BCUT2D eigenvalue weighted by molar-refractivity contribution is 7.92. The Bertz CT molecular complexity index is 1010. The van der Waals surface area contributed by atoms with Crippen molar-refractivity contribution in [1.29, 1.82) is 0 Å². The maximum atomic E-state index is 12.2. The Morgan fingerprint density at radius 1 is 1.28 bits per heavy atom. The minimum Gasteiger partial charge on any atom is -0.392 e. The van der Waals surface area contributed by atoms with Crippen molar-refractivity contribution >= 4 is 15.5 Å².